The van der Waals surface area contributed by atoms with Gasteiger partial charge in [-0.15, -0.1) is 0 Å². The number of hydrogen-bond donors (Lipinski definition) is 2. The van der Waals surface area contributed by atoms with E-state index in [0.29, 0.717) is 28.3 Å². The summed E-state index contributed by atoms with van der Waals surface area (Å²) in [5.41, 5.74) is 2.02. The summed E-state index contributed by atoms with van der Waals surface area (Å²) in [4.78, 5) is 12.6. The first kappa shape index (κ1) is 26.2. The van der Waals surface area contributed by atoms with E-state index in [1.54, 1.807) is 50.2 Å². The first-order valence-electron chi connectivity index (χ1n) is 10.5. The van der Waals surface area contributed by atoms with Gasteiger partial charge in [0.1, 0.15) is 5.75 Å². The molecular formula is C24H27N3O6S2. The van der Waals surface area contributed by atoms with Crippen LogP contribution in [-0.2, 0) is 24.8 Å². The highest BCUT2D eigenvalue weighted by molar-refractivity contribution is 7.92. The Labute approximate surface area is 205 Å². The van der Waals surface area contributed by atoms with E-state index in [-0.39, 0.29) is 16.4 Å². The Bertz CT molecular complexity index is 1440. The third-order valence-corrected chi connectivity index (χ3v) is 8.29. The van der Waals surface area contributed by atoms with Gasteiger partial charge in [-0.25, -0.2) is 21.1 Å². The number of amides is 1. The monoisotopic (exact) mass is 517 g/mol. The van der Waals surface area contributed by atoms with Crippen molar-refractivity contribution >= 4 is 37.3 Å². The first-order chi connectivity index (χ1) is 16.4. The Morgan fingerprint density at radius 2 is 1.51 bits per heavy atom. The van der Waals surface area contributed by atoms with Crippen molar-refractivity contribution in [1.29, 1.82) is 0 Å². The van der Waals surface area contributed by atoms with Gasteiger partial charge in [0.2, 0.25) is 10.0 Å². The number of para-hydroxylation sites is 1. The fourth-order valence-corrected chi connectivity index (χ4v) is 5.18. The van der Waals surface area contributed by atoms with Crippen molar-refractivity contribution in [3.63, 3.8) is 0 Å². The molecule has 0 heterocycles. The van der Waals surface area contributed by atoms with E-state index < -0.39 is 26.0 Å². The third-order valence-electron chi connectivity index (χ3n) is 5.10. The van der Waals surface area contributed by atoms with Crippen LogP contribution in [0.1, 0.15) is 11.1 Å². The van der Waals surface area contributed by atoms with Crippen LogP contribution in [0.3, 0.4) is 0 Å². The molecular weight excluding hydrogens is 490 g/mol. The van der Waals surface area contributed by atoms with E-state index in [0.717, 1.165) is 4.31 Å². The molecule has 2 N–H and O–H groups in total. The largest absolute Gasteiger partial charge is 0.483 e. The number of rotatable bonds is 9. The fourth-order valence-electron chi connectivity index (χ4n) is 3.11. The molecule has 35 heavy (non-hydrogen) atoms. The number of anilines is 2. The average molecular weight is 518 g/mol. The Kier molecular flexibility index (Phi) is 7.83. The van der Waals surface area contributed by atoms with Gasteiger partial charge in [-0.2, -0.15) is 0 Å². The maximum Gasteiger partial charge on any atom is 0.262 e. The predicted molar refractivity (Wildman–Crippen MR) is 135 cm³/mol. The molecule has 0 aliphatic carbocycles. The summed E-state index contributed by atoms with van der Waals surface area (Å²) in [5.74, 6) is -0.145. The smallest absolute Gasteiger partial charge is 0.262 e. The van der Waals surface area contributed by atoms with Crippen molar-refractivity contribution < 1.29 is 26.4 Å². The Morgan fingerprint density at radius 3 is 2.14 bits per heavy atom. The van der Waals surface area contributed by atoms with Crippen molar-refractivity contribution in [3.05, 3.63) is 77.9 Å². The molecule has 0 atom stereocenters. The highest BCUT2D eigenvalue weighted by Gasteiger charge is 2.19. The number of carbonyl (C=O) groups is 1. The minimum absolute atomic E-state index is 0.0565. The van der Waals surface area contributed by atoms with E-state index in [9.17, 15) is 21.6 Å². The molecule has 11 heteroatoms. The standard InChI is InChI=1S/C24H27N3O6S2/c1-17-10-11-21(35(31,32)27(3)4)15-22(17)25-24(28)16-33-23-13-12-20(14-18(23)2)34(29,30)26-19-8-6-5-7-9-19/h5-15,26H,16H2,1-4H3,(H,25,28). The minimum Gasteiger partial charge on any atom is -0.483 e. The first-order valence-corrected chi connectivity index (χ1v) is 13.5. The van der Waals surface area contributed by atoms with Gasteiger partial charge in [0.25, 0.3) is 15.9 Å². The summed E-state index contributed by atoms with van der Waals surface area (Å²) in [6.45, 7) is 3.07. The van der Waals surface area contributed by atoms with Gasteiger partial charge in [0.05, 0.1) is 9.79 Å². The molecule has 186 valence electrons. The number of hydrogen-bond acceptors (Lipinski definition) is 6. The molecule has 0 aliphatic rings. The maximum absolute atomic E-state index is 12.6. The zero-order valence-corrected chi connectivity index (χ0v) is 21.4. The van der Waals surface area contributed by atoms with Crippen LogP contribution in [-0.4, -0.2) is 47.8 Å². The van der Waals surface area contributed by atoms with Crippen LogP contribution in [0, 0.1) is 13.8 Å². The summed E-state index contributed by atoms with van der Waals surface area (Å²) >= 11 is 0. The average Bonchev–Trinajstić information content (AvgIpc) is 2.79. The molecule has 3 aromatic rings. The van der Waals surface area contributed by atoms with Crippen molar-refractivity contribution in [3.8, 4) is 5.75 Å². The number of carbonyl (C=O) groups excluding carboxylic acids is 1. The zero-order chi connectivity index (χ0) is 25.8. The molecule has 0 bridgehead atoms. The van der Waals surface area contributed by atoms with E-state index in [2.05, 4.69) is 10.0 Å². The number of nitrogens with one attached hydrogen (secondary N) is 2. The second kappa shape index (κ2) is 10.5. The summed E-state index contributed by atoms with van der Waals surface area (Å²) < 4.78 is 59.2. The van der Waals surface area contributed by atoms with Gasteiger partial charge < -0.3 is 10.1 Å². The van der Waals surface area contributed by atoms with Crippen LogP contribution in [0.25, 0.3) is 0 Å². The third kappa shape index (κ3) is 6.38. The van der Waals surface area contributed by atoms with E-state index >= 15 is 0 Å². The van der Waals surface area contributed by atoms with Crippen LogP contribution < -0.4 is 14.8 Å². The number of benzene rings is 3. The molecule has 0 saturated heterocycles. The van der Waals surface area contributed by atoms with Gasteiger partial charge in [-0.05, 0) is 67.4 Å². The number of nitrogens with zero attached hydrogens (tertiary/aromatic N) is 1. The second-order valence-corrected chi connectivity index (χ2v) is 11.8. The highest BCUT2D eigenvalue weighted by atomic mass is 32.2. The minimum atomic E-state index is -3.79. The van der Waals surface area contributed by atoms with E-state index in [1.807, 2.05) is 0 Å². The lowest BCUT2D eigenvalue weighted by molar-refractivity contribution is -0.118. The van der Waals surface area contributed by atoms with E-state index in [4.69, 9.17) is 4.74 Å². The fraction of sp³-hybridized carbons (Fsp3) is 0.208. The van der Waals surface area contributed by atoms with Crippen molar-refractivity contribution in [2.24, 2.45) is 0 Å². The van der Waals surface area contributed by atoms with Gasteiger partial charge in [0, 0.05) is 25.5 Å². The quantitative estimate of drug-likeness (QED) is 0.449. The molecule has 0 radical (unpaired) electrons. The molecule has 0 fully saturated rings. The van der Waals surface area contributed by atoms with Gasteiger partial charge in [-0.3, -0.25) is 9.52 Å². The highest BCUT2D eigenvalue weighted by Crippen LogP contribution is 2.25. The molecule has 0 aliphatic heterocycles. The van der Waals surface area contributed by atoms with Crippen molar-refractivity contribution in [2.75, 3.05) is 30.7 Å². The zero-order valence-electron chi connectivity index (χ0n) is 19.8. The molecule has 0 saturated carbocycles. The molecule has 0 aromatic heterocycles. The van der Waals surface area contributed by atoms with E-state index in [1.165, 1.54) is 44.4 Å². The van der Waals surface area contributed by atoms with Crippen molar-refractivity contribution in [1.82, 2.24) is 4.31 Å². The lowest BCUT2D eigenvalue weighted by atomic mass is 10.2. The van der Waals surface area contributed by atoms with Crippen LogP contribution in [0.2, 0.25) is 0 Å². The predicted octanol–water partition coefficient (Wildman–Crippen LogP) is 3.37. The van der Waals surface area contributed by atoms with Crippen LogP contribution in [0.5, 0.6) is 5.75 Å². The summed E-state index contributed by atoms with van der Waals surface area (Å²) in [5, 5.41) is 2.66. The Balaban J connectivity index is 1.68. The van der Waals surface area contributed by atoms with Crippen LogP contribution in [0.15, 0.2) is 76.5 Å². The normalized spacial score (nSPS) is 11.8. The SMILES string of the molecule is Cc1ccc(S(=O)(=O)N(C)C)cc1NC(=O)COc1ccc(S(=O)(=O)Nc2ccccc2)cc1C. The van der Waals surface area contributed by atoms with Crippen molar-refractivity contribution in [2.45, 2.75) is 23.6 Å². The lowest BCUT2D eigenvalue weighted by Gasteiger charge is -2.15. The summed E-state index contributed by atoms with van der Waals surface area (Å²) in [7, 11) is -4.58. The Morgan fingerprint density at radius 1 is 0.857 bits per heavy atom. The second-order valence-electron chi connectivity index (χ2n) is 8.00. The van der Waals surface area contributed by atoms with Crippen LogP contribution >= 0.6 is 0 Å². The lowest BCUT2D eigenvalue weighted by Crippen LogP contribution is -2.23. The molecule has 0 unspecified atom stereocenters. The molecule has 9 nitrogen and oxygen atoms in total. The van der Waals surface area contributed by atoms with Gasteiger partial charge >= 0.3 is 0 Å². The van der Waals surface area contributed by atoms with Crippen LogP contribution in [0.4, 0.5) is 11.4 Å². The molecule has 0 spiro atoms. The summed E-state index contributed by atoms with van der Waals surface area (Å²) in [6, 6.07) is 17.3. The maximum atomic E-state index is 12.6. The molecule has 1 amide bonds. The number of sulfonamides is 2. The van der Waals surface area contributed by atoms with Gasteiger partial charge in [-0.1, -0.05) is 24.3 Å². The molecule has 3 rings (SSSR count). The summed E-state index contributed by atoms with van der Waals surface area (Å²) in [6.07, 6.45) is 0. The number of ether oxygens (including phenoxy) is 1. The Hall–Kier alpha value is -3.41. The van der Waals surface area contributed by atoms with Gasteiger partial charge in [0.15, 0.2) is 6.61 Å². The topological polar surface area (TPSA) is 122 Å². The number of aryl methyl sites for hydroxylation is 2. The molecule has 3 aromatic carbocycles.